The summed E-state index contributed by atoms with van der Waals surface area (Å²) in [5, 5.41) is 8.61. The molecule has 0 fully saturated rings. The third-order valence-electron chi connectivity index (χ3n) is 2.67. The van der Waals surface area contributed by atoms with Gasteiger partial charge < -0.3 is 10.6 Å². The highest BCUT2D eigenvalue weighted by Gasteiger charge is 2.10. The molecule has 0 amide bonds. The third kappa shape index (κ3) is 7.35. The summed E-state index contributed by atoms with van der Waals surface area (Å²) >= 11 is 0. The summed E-state index contributed by atoms with van der Waals surface area (Å²) < 4.78 is 0. The van der Waals surface area contributed by atoms with Crippen molar-refractivity contribution in [3.05, 3.63) is 0 Å². The smallest absolute Gasteiger partial charge is 0.0940 e. The molecule has 3 heteroatoms. The number of unbranched alkanes of at least 4 members (excludes halogenated alkanes) is 2. The van der Waals surface area contributed by atoms with Crippen molar-refractivity contribution in [3.8, 4) is 6.07 Å². The Morgan fingerprint density at radius 3 is 2.40 bits per heavy atom. The van der Waals surface area contributed by atoms with Crippen LogP contribution in [0.2, 0.25) is 0 Å². The molecule has 0 aliphatic carbocycles. The fourth-order valence-corrected chi connectivity index (χ4v) is 1.56. The molecule has 0 saturated heterocycles. The van der Waals surface area contributed by atoms with Crippen LogP contribution < -0.4 is 5.73 Å². The molecule has 15 heavy (non-hydrogen) atoms. The van der Waals surface area contributed by atoms with Gasteiger partial charge in [-0.15, -0.1) is 0 Å². The van der Waals surface area contributed by atoms with Crippen molar-refractivity contribution >= 4 is 0 Å². The SMILES string of the molecule is CCCCCN(CCC(N)C#N)C(C)C. The van der Waals surface area contributed by atoms with Crippen LogP contribution in [0.1, 0.15) is 46.5 Å². The van der Waals surface area contributed by atoms with Crippen molar-refractivity contribution in [3.63, 3.8) is 0 Å². The van der Waals surface area contributed by atoms with Gasteiger partial charge in [0.05, 0.1) is 12.1 Å². The van der Waals surface area contributed by atoms with Crippen LogP contribution in [0.3, 0.4) is 0 Å². The zero-order chi connectivity index (χ0) is 11.7. The lowest BCUT2D eigenvalue weighted by Gasteiger charge is -2.26. The summed E-state index contributed by atoms with van der Waals surface area (Å²) in [4.78, 5) is 2.41. The highest BCUT2D eigenvalue weighted by atomic mass is 15.1. The Morgan fingerprint density at radius 1 is 1.27 bits per heavy atom. The van der Waals surface area contributed by atoms with Crippen LogP contribution in [-0.2, 0) is 0 Å². The highest BCUT2D eigenvalue weighted by Crippen LogP contribution is 2.05. The summed E-state index contributed by atoms with van der Waals surface area (Å²) in [5.74, 6) is 0. The minimum atomic E-state index is -0.308. The molecule has 0 saturated carbocycles. The molecule has 0 aromatic heterocycles. The van der Waals surface area contributed by atoms with Crippen molar-refractivity contribution < 1.29 is 0 Å². The van der Waals surface area contributed by atoms with Crippen molar-refractivity contribution in [2.24, 2.45) is 5.73 Å². The van der Waals surface area contributed by atoms with E-state index in [0.717, 1.165) is 19.5 Å². The predicted molar refractivity (Wildman–Crippen MR) is 64.4 cm³/mol. The third-order valence-corrected chi connectivity index (χ3v) is 2.67. The monoisotopic (exact) mass is 211 g/mol. The highest BCUT2D eigenvalue weighted by molar-refractivity contribution is 4.87. The first-order valence-electron chi connectivity index (χ1n) is 6.01. The topological polar surface area (TPSA) is 53.0 Å². The summed E-state index contributed by atoms with van der Waals surface area (Å²) in [5.41, 5.74) is 5.59. The van der Waals surface area contributed by atoms with E-state index in [1.54, 1.807) is 0 Å². The van der Waals surface area contributed by atoms with E-state index in [2.05, 4.69) is 31.7 Å². The number of hydrogen-bond acceptors (Lipinski definition) is 3. The first-order chi connectivity index (χ1) is 7.11. The van der Waals surface area contributed by atoms with Crippen LogP contribution in [0.4, 0.5) is 0 Å². The molecule has 88 valence electrons. The summed E-state index contributed by atoms with van der Waals surface area (Å²) in [7, 11) is 0. The van der Waals surface area contributed by atoms with E-state index in [1.165, 1.54) is 19.3 Å². The lowest BCUT2D eigenvalue weighted by molar-refractivity contribution is 0.213. The molecule has 0 aliphatic rings. The maximum atomic E-state index is 8.61. The first kappa shape index (κ1) is 14.4. The van der Waals surface area contributed by atoms with Gasteiger partial charge in [0, 0.05) is 12.6 Å². The summed E-state index contributed by atoms with van der Waals surface area (Å²) in [6.45, 7) is 8.68. The molecule has 0 bridgehead atoms. The van der Waals surface area contributed by atoms with Gasteiger partial charge in [-0.25, -0.2) is 0 Å². The second kappa shape index (κ2) is 8.70. The lowest BCUT2D eigenvalue weighted by Crippen LogP contribution is -2.35. The molecule has 0 aromatic rings. The van der Waals surface area contributed by atoms with Crippen LogP contribution >= 0.6 is 0 Å². The van der Waals surface area contributed by atoms with Gasteiger partial charge in [-0.05, 0) is 33.2 Å². The zero-order valence-corrected chi connectivity index (χ0v) is 10.4. The van der Waals surface area contributed by atoms with Crippen LogP contribution in [0.5, 0.6) is 0 Å². The van der Waals surface area contributed by atoms with Crippen LogP contribution in [-0.4, -0.2) is 30.1 Å². The molecular formula is C12H25N3. The molecule has 0 heterocycles. The molecule has 3 nitrogen and oxygen atoms in total. The fraction of sp³-hybridized carbons (Fsp3) is 0.917. The summed E-state index contributed by atoms with van der Waals surface area (Å²) in [6.07, 6.45) is 4.56. The predicted octanol–water partition coefficient (Wildman–Crippen LogP) is 2.13. The molecule has 0 rings (SSSR count). The minimum absolute atomic E-state index is 0.308. The van der Waals surface area contributed by atoms with E-state index in [1.807, 2.05) is 0 Å². The van der Waals surface area contributed by atoms with Crippen molar-refractivity contribution in [2.75, 3.05) is 13.1 Å². The Hall–Kier alpha value is -0.590. The van der Waals surface area contributed by atoms with Crippen molar-refractivity contribution in [2.45, 2.75) is 58.5 Å². The van der Waals surface area contributed by atoms with Crippen LogP contribution in [0.25, 0.3) is 0 Å². The standard InChI is InChI=1S/C12H25N3/c1-4-5-6-8-15(11(2)3)9-7-12(14)10-13/h11-12H,4-9,14H2,1-3H3. The van der Waals surface area contributed by atoms with Gasteiger partial charge in [0.15, 0.2) is 0 Å². The van der Waals surface area contributed by atoms with Gasteiger partial charge in [-0.1, -0.05) is 19.8 Å². The number of nitriles is 1. The largest absolute Gasteiger partial charge is 0.316 e. The average Bonchev–Trinajstić information content (AvgIpc) is 2.22. The number of nitrogens with two attached hydrogens (primary N) is 1. The number of rotatable bonds is 8. The van der Waals surface area contributed by atoms with E-state index in [4.69, 9.17) is 11.0 Å². The Morgan fingerprint density at radius 2 is 1.93 bits per heavy atom. The molecular weight excluding hydrogens is 186 g/mol. The van der Waals surface area contributed by atoms with Gasteiger partial charge in [0.1, 0.15) is 0 Å². The normalized spacial score (nSPS) is 13.1. The second-order valence-corrected chi connectivity index (χ2v) is 4.36. The Balaban J connectivity index is 3.79. The van der Waals surface area contributed by atoms with Gasteiger partial charge >= 0.3 is 0 Å². The van der Waals surface area contributed by atoms with E-state index in [9.17, 15) is 0 Å². The Labute approximate surface area is 94.2 Å². The van der Waals surface area contributed by atoms with Gasteiger partial charge in [-0.2, -0.15) is 5.26 Å². The maximum Gasteiger partial charge on any atom is 0.0940 e. The van der Waals surface area contributed by atoms with E-state index in [-0.39, 0.29) is 6.04 Å². The van der Waals surface area contributed by atoms with Gasteiger partial charge in [0.2, 0.25) is 0 Å². The first-order valence-corrected chi connectivity index (χ1v) is 6.01. The Kier molecular flexibility index (Phi) is 8.35. The molecule has 0 aliphatic heterocycles. The van der Waals surface area contributed by atoms with Crippen LogP contribution in [0.15, 0.2) is 0 Å². The van der Waals surface area contributed by atoms with Crippen LogP contribution in [0, 0.1) is 11.3 Å². The molecule has 0 radical (unpaired) electrons. The Bertz CT molecular complexity index is 184. The number of nitrogens with zero attached hydrogens (tertiary/aromatic N) is 2. The number of hydrogen-bond donors (Lipinski definition) is 1. The van der Waals surface area contributed by atoms with E-state index < -0.39 is 0 Å². The van der Waals surface area contributed by atoms with Gasteiger partial charge in [-0.3, -0.25) is 0 Å². The molecule has 1 atom stereocenters. The second-order valence-electron chi connectivity index (χ2n) is 4.36. The molecule has 0 aromatic carbocycles. The summed E-state index contributed by atoms with van der Waals surface area (Å²) in [6, 6.07) is 2.32. The van der Waals surface area contributed by atoms with Gasteiger partial charge in [0.25, 0.3) is 0 Å². The van der Waals surface area contributed by atoms with E-state index in [0.29, 0.717) is 6.04 Å². The molecule has 0 spiro atoms. The quantitative estimate of drug-likeness (QED) is 0.626. The molecule has 1 unspecified atom stereocenters. The average molecular weight is 211 g/mol. The fourth-order valence-electron chi connectivity index (χ4n) is 1.56. The molecule has 2 N–H and O–H groups in total. The zero-order valence-electron chi connectivity index (χ0n) is 10.4. The minimum Gasteiger partial charge on any atom is -0.316 e. The maximum absolute atomic E-state index is 8.61. The van der Waals surface area contributed by atoms with E-state index >= 15 is 0 Å². The van der Waals surface area contributed by atoms with Crippen molar-refractivity contribution in [1.29, 1.82) is 5.26 Å². The lowest BCUT2D eigenvalue weighted by atomic mass is 10.2. The van der Waals surface area contributed by atoms with Crippen molar-refractivity contribution in [1.82, 2.24) is 4.90 Å².